The van der Waals surface area contributed by atoms with Gasteiger partial charge in [-0.3, -0.25) is 9.59 Å². The van der Waals surface area contributed by atoms with Gasteiger partial charge in [0, 0.05) is 6.07 Å². The van der Waals surface area contributed by atoms with E-state index in [2.05, 4.69) is 10.6 Å². The number of hydrogen-bond acceptors (Lipinski definition) is 5. The minimum Gasteiger partial charge on any atom is -0.494 e. The van der Waals surface area contributed by atoms with Crippen molar-refractivity contribution in [3.8, 4) is 11.5 Å². The predicted octanol–water partition coefficient (Wildman–Crippen LogP) is 1.94. The fourth-order valence-corrected chi connectivity index (χ4v) is 1.93. The number of halogens is 1. The molecule has 0 aromatic heterocycles. The van der Waals surface area contributed by atoms with Gasteiger partial charge in [-0.2, -0.15) is 0 Å². The lowest BCUT2D eigenvalue weighted by Gasteiger charge is -2.16. The highest BCUT2D eigenvalue weighted by atomic mass is 35.5. The second-order valence-electron chi connectivity index (χ2n) is 5.56. The van der Waals surface area contributed by atoms with Gasteiger partial charge >= 0.3 is 0 Å². The van der Waals surface area contributed by atoms with Gasteiger partial charge in [0.1, 0.15) is 11.5 Å². The van der Waals surface area contributed by atoms with Crippen molar-refractivity contribution in [1.82, 2.24) is 5.32 Å². The first-order chi connectivity index (χ1) is 11.4. The molecule has 4 N–H and O–H groups in total. The second kappa shape index (κ2) is 11.5. The summed E-state index contributed by atoms with van der Waals surface area (Å²) in [7, 11) is 0. The van der Waals surface area contributed by atoms with Crippen molar-refractivity contribution in [2.24, 2.45) is 11.7 Å². The lowest BCUT2D eigenvalue weighted by molar-refractivity contribution is -0.125. The molecule has 1 aromatic rings. The molecule has 0 heterocycles. The molecular formula is C17H28ClN3O4. The van der Waals surface area contributed by atoms with E-state index < -0.39 is 6.04 Å². The van der Waals surface area contributed by atoms with E-state index in [-0.39, 0.29) is 36.7 Å². The first kappa shape index (κ1) is 23.0. The van der Waals surface area contributed by atoms with Crippen LogP contribution in [-0.2, 0) is 9.59 Å². The van der Waals surface area contributed by atoms with E-state index in [0.717, 1.165) is 0 Å². The number of anilines is 1. The molecule has 1 atom stereocenters. The average Bonchev–Trinajstić information content (AvgIpc) is 2.54. The smallest absolute Gasteiger partial charge is 0.243 e. The van der Waals surface area contributed by atoms with Crippen LogP contribution in [0.25, 0.3) is 0 Å². The van der Waals surface area contributed by atoms with Crippen molar-refractivity contribution in [3.63, 3.8) is 0 Å². The van der Waals surface area contributed by atoms with Gasteiger partial charge in [-0.25, -0.2) is 0 Å². The minimum atomic E-state index is -0.641. The molecule has 0 spiro atoms. The number of nitrogens with one attached hydrogen (secondary N) is 2. The van der Waals surface area contributed by atoms with Gasteiger partial charge in [0.25, 0.3) is 0 Å². The third kappa shape index (κ3) is 7.62. The zero-order chi connectivity index (χ0) is 18.1. The third-order valence-corrected chi connectivity index (χ3v) is 3.28. The molecule has 0 saturated heterocycles. The van der Waals surface area contributed by atoms with Crippen molar-refractivity contribution in [2.45, 2.75) is 33.7 Å². The summed E-state index contributed by atoms with van der Waals surface area (Å²) in [6, 6.07) is 4.55. The van der Waals surface area contributed by atoms with E-state index in [1.54, 1.807) is 18.2 Å². The molecule has 8 heteroatoms. The highest BCUT2D eigenvalue weighted by molar-refractivity contribution is 5.96. The Morgan fingerprint density at radius 2 is 1.80 bits per heavy atom. The predicted molar refractivity (Wildman–Crippen MR) is 100 cm³/mol. The van der Waals surface area contributed by atoms with Gasteiger partial charge in [0.05, 0.1) is 31.5 Å². The van der Waals surface area contributed by atoms with Crippen molar-refractivity contribution in [2.75, 3.05) is 25.1 Å². The highest BCUT2D eigenvalue weighted by Crippen LogP contribution is 2.29. The van der Waals surface area contributed by atoms with E-state index in [9.17, 15) is 9.59 Å². The fourth-order valence-electron chi connectivity index (χ4n) is 1.93. The molecule has 7 nitrogen and oxygen atoms in total. The Balaban J connectivity index is 0.00000576. The molecule has 0 bridgehead atoms. The van der Waals surface area contributed by atoms with Crippen LogP contribution in [0.1, 0.15) is 27.7 Å². The minimum absolute atomic E-state index is 0. The van der Waals surface area contributed by atoms with Gasteiger partial charge in [0.2, 0.25) is 11.8 Å². The topological polar surface area (TPSA) is 103 Å². The number of hydrogen-bond donors (Lipinski definition) is 3. The van der Waals surface area contributed by atoms with Crippen LogP contribution in [0.4, 0.5) is 5.69 Å². The zero-order valence-electron chi connectivity index (χ0n) is 15.1. The average molecular weight is 374 g/mol. The molecule has 25 heavy (non-hydrogen) atoms. The summed E-state index contributed by atoms with van der Waals surface area (Å²) in [5, 5.41) is 5.25. The molecule has 1 aromatic carbocycles. The van der Waals surface area contributed by atoms with Gasteiger partial charge in [-0.05, 0) is 31.9 Å². The molecule has 0 aliphatic rings. The van der Waals surface area contributed by atoms with E-state index in [0.29, 0.717) is 30.4 Å². The van der Waals surface area contributed by atoms with E-state index in [4.69, 9.17) is 15.2 Å². The van der Waals surface area contributed by atoms with Crippen LogP contribution < -0.4 is 25.8 Å². The van der Waals surface area contributed by atoms with Gasteiger partial charge in [-0.1, -0.05) is 13.8 Å². The third-order valence-electron chi connectivity index (χ3n) is 3.28. The summed E-state index contributed by atoms with van der Waals surface area (Å²) < 4.78 is 10.9. The number of carbonyl (C=O) groups is 2. The normalized spacial score (nSPS) is 11.3. The number of carbonyl (C=O) groups excluding carboxylic acids is 2. The molecule has 0 fully saturated rings. The lowest BCUT2D eigenvalue weighted by Crippen LogP contribution is -2.46. The summed E-state index contributed by atoms with van der Waals surface area (Å²) in [6.07, 6.45) is 0. The van der Waals surface area contributed by atoms with Crippen molar-refractivity contribution in [3.05, 3.63) is 18.2 Å². The summed E-state index contributed by atoms with van der Waals surface area (Å²) in [4.78, 5) is 23.9. The molecule has 0 aliphatic carbocycles. The molecule has 0 aliphatic heterocycles. The van der Waals surface area contributed by atoms with Crippen molar-refractivity contribution in [1.29, 1.82) is 0 Å². The van der Waals surface area contributed by atoms with Gasteiger partial charge in [-0.15, -0.1) is 12.4 Å². The summed E-state index contributed by atoms with van der Waals surface area (Å²) in [5.74, 6) is 0.448. The Hall–Kier alpha value is -1.99. The maximum Gasteiger partial charge on any atom is 0.243 e. The van der Waals surface area contributed by atoms with Crippen LogP contribution in [0.2, 0.25) is 0 Å². The first-order valence-electron chi connectivity index (χ1n) is 8.11. The highest BCUT2D eigenvalue weighted by Gasteiger charge is 2.18. The monoisotopic (exact) mass is 373 g/mol. The number of ether oxygens (including phenoxy) is 2. The van der Waals surface area contributed by atoms with Crippen LogP contribution in [0, 0.1) is 5.92 Å². The first-order valence-corrected chi connectivity index (χ1v) is 8.11. The van der Waals surface area contributed by atoms with Crippen LogP contribution >= 0.6 is 12.4 Å². The van der Waals surface area contributed by atoms with E-state index >= 15 is 0 Å². The molecule has 2 amide bonds. The summed E-state index contributed by atoms with van der Waals surface area (Å²) in [5.41, 5.74) is 6.23. The Morgan fingerprint density at radius 1 is 1.16 bits per heavy atom. The largest absolute Gasteiger partial charge is 0.494 e. The SMILES string of the molecule is CCOc1ccc(OCC)c(NC(=O)CNC(=O)[C@@H](N)C(C)C)c1.Cl. The van der Waals surface area contributed by atoms with Gasteiger partial charge in [0.15, 0.2) is 0 Å². The maximum absolute atomic E-state index is 12.1. The molecule has 0 saturated carbocycles. The Labute approximate surface area is 155 Å². The Kier molecular flexibility index (Phi) is 10.6. The zero-order valence-corrected chi connectivity index (χ0v) is 15.9. The molecule has 0 radical (unpaired) electrons. The quantitative estimate of drug-likeness (QED) is 0.613. The molecule has 0 unspecified atom stereocenters. The van der Waals surface area contributed by atoms with E-state index in [1.165, 1.54) is 0 Å². The lowest BCUT2D eigenvalue weighted by atomic mass is 10.1. The van der Waals surface area contributed by atoms with Crippen LogP contribution in [0.5, 0.6) is 11.5 Å². The van der Waals surface area contributed by atoms with E-state index in [1.807, 2.05) is 27.7 Å². The van der Waals surface area contributed by atoms with Crippen molar-refractivity contribution < 1.29 is 19.1 Å². The van der Waals surface area contributed by atoms with Crippen LogP contribution in [0.15, 0.2) is 18.2 Å². The molecular weight excluding hydrogens is 346 g/mol. The summed E-state index contributed by atoms with van der Waals surface area (Å²) in [6.45, 7) is 8.25. The molecule has 142 valence electrons. The number of nitrogens with two attached hydrogens (primary N) is 1. The van der Waals surface area contributed by atoms with Gasteiger partial charge < -0.3 is 25.8 Å². The Morgan fingerprint density at radius 3 is 2.36 bits per heavy atom. The second-order valence-corrected chi connectivity index (χ2v) is 5.56. The fraction of sp³-hybridized carbons (Fsp3) is 0.529. The number of benzene rings is 1. The number of amides is 2. The number of rotatable bonds is 9. The van der Waals surface area contributed by atoms with Crippen LogP contribution in [0.3, 0.4) is 0 Å². The molecule has 1 rings (SSSR count). The maximum atomic E-state index is 12.1. The standard InChI is InChI=1S/C17H27N3O4.ClH/c1-5-23-12-7-8-14(24-6-2)13(9-12)20-15(21)10-19-17(22)16(18)11(3)4;/h7-9,11,16H,5-6,10,18H2,1-4H3,(H,19,22)(H,20,21);1H/t16-;/m0./s1. The Bertz CT molecular complexity index is 567. The summed E-state index contributed by atoms with van der Waals surface area (Å²) >= 11 is 0. The van der Waals surface area contributed by atoms with Crippen molar-refractivity contribution >= 4 is 29.9 Å². The van der Waals surface area contributed by atoms with Crippen LogP contribution in [-0.4, -0.2) is 37.6 Å².